The molecule has 0 saturated heterocycles. The molecule has 3 amide bonds. The monoisotopic (exact) mass is 437 g/mol. The van der Waals surface area contributed by atoms with Crippen LogP contribution < -0.4 is 5.32 Å². The van der Waals surface area contributed by atoms with Gasteiger partial charge in [0.2, 0.25) is 18.2 Å². The van der Waals surface area contributed by atoms with Crippen molar-refractivity contribution in [3.8, 4) is 0 Å². The lowest BCUT2D eigenvalue weighted by atomic mass is 9.97. The number of hydroxylamine groups is 2. The van der Waals surface area contributed by atoms with E-state index in [-0.39, 0.29) is 24.8 Å². The average Bonchev–Trinajstić information content (AvgIpc) is 2.73. The molecule has 0 heterocycles. The summed E-state index contributed by atoms with van der Waals surface area (Å²) in [6.45, 7) is 5.79. The lowest BCUT2D eigenvalue weighted by Crippen LogP contribution is -2.57. The van der Waals surface area contributed by atoms with Crippen molar-refractivity contribution in [1.29, 1.82) is 0 Å². The fourth-order valence-electron chi connectivity index (χ4n) is 3.00. The van der Waals surface area contributed by atoms with Crippen LogP contribution in [0.1, 0.15) is 45.6 Å². The molecule has 0 fully saturated rings. The highest BCUT2D eigenvalue weighted by Gasteiger charge is 2.39. The van der Waals surface area contributed by atoms with Crippen molar-refractivity contribution >= 4 is 30.0 Å². The smallest absolute Gasteiger partial charge is 0.246 e. The first-order valence-corrected chi connectivity index (χ1v) is 11.2. The van der Waals surface area contributed by atoms with Gasteiger partial charge in [0.15, 0.2) is 0 Å². The quantitative estimate of drug-likeness (QED) is 0.281. The maximum absolute atomic E-state index is 13.0. The molecule has 0 saturated carbocycles. The van der Waals surface area contributed by atoms with Crippen molar-refractivity contribution in [1.82, 2.24) is 15.3 Å². The molecule has 0 aliphatic carbocycles. The number of thioether (sulfide) groups is 1. The number of hydrogen-bond acceptors (Lipinski definition) is 5. The second kappa shape index (κ2) is 12.6. The molecule has 30 heavy (non-hydrogen) atoms. The van der Waals surface area contributed by atoms with Gasteiger partial charge in [-0.3, -0.25) is 19.6 Å². The predicted octanol–water partition coefficient (Wildman–Crippen LogP) is 2.93. The fraction of sp³-hybridized carbons (Fsp3) is 0.591. The number of benzene rings is 1. The maximum Gasteiger partial charge on any atom is 0.246 e. The first-order valence-electron chi connectivity index (χ1n) is 10.2. The minimum Gasteiger partial charge on any atom is -0.347 e. The number of carbonyl (C=O) groups excluding carboxylic acids is 3. The first kappa shape index (κ1) is 26.0. The van der Waals surface area contributed by atoms with Gasteiger partial charge in [-0.05, 0) is 25.8 Å². The van der Waals surface area contributed by atoms with Gasteiger partial charge in [-0.25, -0.2) is 5.06 Å². The van der Waals surface area contributed by atoms with Crippen LogP contribution in [-0.4, -0.2) is 64.8 Å². The SMILES string of the molecule is CCCC[C@H](CN(O)C=O)C(=O)N[C@H](C(=O)N(C)C)C(C)(C)SCc1ccccc1. The van der Waals surface area contributed by atoms with Crippen molar-refractivity contribution < 1.29 is 19.6 Å². The molecule has 0 aliphatic rings. The van der Waals surface area contributed by atoms with E-state index in [2.05, 4.69) is 5.32 Å². The van der Waals surface area contributed by atoms with Crippen LogP contribution in [0.25, 0.3) is 0 Å². The molecule has 0 radical (unpaired) electrons. The highest BCUT2D eigenvalue weighted by molar-refractivity contribution is 7.99. The zero-order valence-electron chi connectivity index (χ0n) is 18.6. The van der Waals surface area contributed by atoms with E-state index in [9.17, 15) is 19.6 Å². The van der Waals surface area contributed by atoms with Gasteiger partial charge in [0.05, 0.1) is 12.5 Å². The molecule has 1 aromatic carbocycles. The van der Waals surface area contributed by atoms with Crippen LogP contribution in [0.15, 0.2) is 30.3 Å². The Morgan fingerprint density at radius 3 is 2.40 bits per heavy atom. The number of nitrogens with zero attached hydrogens (tertiary/aromatic N) is 2. The Morgan fingerprint density at radius 1 is 1.23 bits per heavy atom. The molecule has 0 unspecified atom stereocenters. The van der Waals surface area contributed by atoms with Crippen LogP contribution in [0.2, 0.25) is 0 Å². The van der Waals surface area contributed by atoms with Crippen LogP contribution in [0.3, 0.4) is 0 Å². The Balaban J connectivity index is 3.00. The van der Waals surface area contributed by atoms with Gasteiger partial charge in [0, 0.05) is 24.6 Å². The number of hydrogen-bond donors (Lipinski definition) is 2. The van der Waals surface area contributed by atoms with Crippen LogP contribution >= 0.6 is 11.8 Å². The Bertz CT molecular complexity index is 682. The molecule has 0 spiro atoms. The summed E-state index contributed by atoms with van der Waals surface area (Å²) in [4.78, 5) is 38.2. The molecular weight excluding hydrogens is 402 g/mol. The van der Waals surface area contributed by atoms with E-state index in [1.54, 1.807) is 25.9 Å². The summed E-state index contributed by atoms with van der Waals surface area (Å²) in [5, 5.41) is 13.0. The second-order valence-electron chi connectivity index (χ2n) is 8.12. The molecule has 0 bridgehead atoms. The molecule has 7 nitrogen and oxygen atoms in total. The van der Waals surface area contributed by atoms with Crippen molar-refractivity contribution in [2.24, 2.45) is 5.92 Å². The van der Waals surface area contributed by atoms with Gasteiger partial charge < -0.3 is 10.2 Å². The van der Waals surface area contributed by atoms with Gasteiger partial charge in [-0.2, -0.15) is 0 Å². The van der Waals surface area contributed by atoms with Gasteiger partial charge in [0.25, 0.3) is 0 Å². The van der Waals surface area contributed by atoms with Gasteiger partial charge in [-0.15, -0.1) is 11.8 Å². The van der Waals surface area contributed by atoms with Crippen LogP contribution in [0.5, 0.6) is 0 Å². The summed E-state index contributed by atoms with van der Waals surface area (Å²) in [5.41, 5.74) is 1.14. The van der Waals surface area contributed by atoms with Crippen LogP contribution in [0.4, 0.5) is 0 Å². The second-order valence-corrected chi connectivity index (χ2v) is 9.75. The Hall–Kier alpha value is -2.06. The predicted molar refractivity (Wildman–Crippen MR) is 120 cm³/mol. The van der Waals surface area contributed by atoms with Crippen molar-refractivity contribution in [2.45, 2.75) is 56.6 Å². The van der Waals surface area contributed by atoms with Crippen molar-refractivity contribution in [3.63, 3.8) is 0 Å². The Labute approximate surface area is 184 Å². The summed E-state index contributed by atoms with van der Waals surface area (Å²) in [6.07, 6.45) is 2.47. The lowest BCUT2D eigenvalue weighted by Gasteiger charge is -2.36. The van der Waals surface area contributed by atoms with Gasteiger partial charge in [-0.1, -0.05) is 50.1 Å². The van der Waals surface area contributed by atoms with E-state index in [0.717, 1.165) is 18.4 Å². The summed E-state index contributed by atoms with van der Waals surface area (Å²) < 4.78 is -0.578. The van der Waals surface area contributed by atoms with Crippen LogP contribution in [-0.2, 0) is 20.1 Å². The zero-order chi connectivity index (χ0) is 22.7. The summed E-state index contributed by atoms with van der Waals surface area (Å²) in [5.74, 6) is -0.416. The number of likely N-dealkylation sites (N-methyl/N-ethyl adjacent to an activating group) is 1. The Morgan fingerprint density at radius 2 is 1.87 bits per heavy atom. The zero-order valence-corrected chi connectivity index (χ0v) is 19.4. The number of nitrogens with one attached hydrogen (secondary N) is 1. The summed E-state index contributed by atoms with van der Waals surface area (Å²) >= 11 is 1.60. The van der Waals surface area contributed by atoms with Gasteiger partial charge in [0.1, 0.15) is 6.04 Å². The maximum atomic E-state index is 13.0. The first-order chi connectivity index (χ1) is 14.1. The van der Waals surface area contributed by atoms with E-state index >= 15 is 0 Å². The number of unbranched alkanes of at least 4 members (excludes halogenated alkanes) is 1. The molecule has 1 aromatic rings. The Kier molecular flexibility index (Phi) is 10.9. The third-order valence-corrected chi connectivity index (χ3v) is 6.39. The number of rotatable bonds is 13. The molecular formula is C22H35N3O4S. The van der Waals surface area contributed by atoms with E-state index < -0.39 is 16.7 Å². The van der Waals surface area contributed by atoms with Crippen LogP contribution in [0, 0.1) is 5.92 Å². The minimum absolute atomic E-state index is 0.101. The highest BCUT2D eigenvalue weighted by atomic mass is 32.2. The molecule has 8 heteroatoms. The van der Waals surface area contributed by atoms with E-state index in [0.29, 0.717) is 17.2 Å². The molecule has 1 rings (SSSR count). The third kappa shape index (κ3) is 8.36. The number of amides is 3. The molecule has 0 aromatic heterocycles. The van der Waals surface area contributed by atoms with Crippen molar-refractivity contribution in [3.05, 3.63) is 35.9 Å². The fourth-order valence-corrected chi connectivity index (χ4v) is 4.06. The molecule has 2 atom stereocenters. The number of carbonyl (C=O) groups is 3. The molecule has 0 aliphatic heterocycles. The standard InChI is InChI=1S/C22H35N3O4S/c1-6-7-13-18(14-25(29)16-26)20(27)23-19(21(28)24(4)5)22(2,3)30-15-17-11-9-8-10-12-17/h8-12,16,18-19,29H,6-7,13-15H2,1-5H3,(H,23,27)/t18-,19-/m1/s1. The average molecular weight is 438 g/mol. The van der Waals surface area contributed by atoms with E-state index in [1.165, 1.54) is 4.90 Å². The lowest BCUT2D eigenvalue weighted by molar-refractivity contribution is -0.155. The topological polar surface area (TPSA) is 90.0 Å². The summed E-state index contributed by atoms with van der Waals surface area (Å²) in [7, 11) is 3.33. The normalized spacial score (nSPS) is 13.3. The van der Waals surface area contributed by atoms with Crippen molar-refractivity contribution in [2.75, 3.05) is 20.6 Å². The minimum atomic E-state index is -0.749. The highest BCUT2D eigenvalue weighted by Crippen LogP contribution is 2.32. The summed E-state index contributed by atoms with van der Waals surface area (Å²) in [6, 6.07) is 9.21. The largest absolute Gasteiger partial charge is 0.347 e. The van der Waals surface area contributed by atoms with E-state index in [1.807, 2.05) is 51.1 Å². The molecule has 2 N–H and O–H groups in total. The third-order valence-electron chi connectivity index (χ3n) is 4.93. The molecule has 168 valence electrons. The van der Waals surface area contributed by atoms with E-state index in [4.69, 9.17) is 0 Å². The van der Waals surface area contributed by atoms with Gasteiger partial charge >= 0.3 is 0 Å².